The molecule has 0 spiro atoms. The van der Waals surface area contributed by atoms with Gasteiger partial charge in [-0.1, -0.05) is 35.9 Å². The van der Waals surface area contributed by atoms with E-state index in [0.717, 1.165) is 42.2 Å². The fourth-order valence-corrected chi connectivity index (χ4v) is 4.70. The van der Waals surface area contributed by atoms with Crippen LogP contribution >= 0.6 is 11.6 Å². The smallest absolute Gasteiger partial charge is 0.261 e. The Bertz CT molecular complexity index is 1320. The highest BCUT2D eigenvalue weighted by Crippen LogP contribution is 2.31. The summed E-state index contributed by atoms with van der Waals surface area (Å²) in [5, 5.41) is 0.700. The minimum Gasteiger partial charge on any atom is -0.496 e. The number of ether oxygens (including phenoxy) is 2. The lowest BCUT2D eigenvalue weighted by molar-refractivity contribution is 0.0620. The summed E-state index contributed by atoms with van der Waals surface area (Å²) in [5.74, 6) is 0.973. The monoisotopic (exact) mass is 490 g/mol. The third kappa shape index (κ3) is 4.57. The van der Waals surface area contributed by atoms with Gasteiger partial charge >= 0.3 is 0 Å². The molecule has 0 radical (unpaired) electrons. The standard InChI is InChI=1S/C27H27ClN4O3/c1-34-22-6-5-7-23(35-2)25(22)27(33)31-16-14-30(15-17-31)18-21-26(19-9-11-20(28)12-10-19)29-24-8-3-4-13-32(21)24/h3-13H,14-18H2,1-2H3. The van der Waals surface area contributed by atoms with Crippen LogP contribution in [-0.4, -0.2) is 65.5 Å². The summed E-state index contributed by atoms with van der Waals surface area (Å²) >= 11 is 6.11. The number of piperazine rings is 1. The number of fused-ring (bicyclic) bond motifs is 1. The average Bonchev–Trinajstić information content (AvgIpc) is 3.26. The third-order valence-electron chi connectivity index (χ3n) is 6.42. The van der Waals surface area contributed by atoms with Gasteiger partial charge in [0.25, 0.3) is 5.91 Å². The maximum atomic E-state index is 13.3. The molecule has 2 aromatic carbocycles. The lowest BCUT2D eigenvalue weighted by atomic mass is 10.1. The molecule has 1 aliphatic rings. The van der Waals surface area contributed by atoms with Crippen molar-refractivity contribution in [2.75, 3.05) is 40.4 Å². The van der Waals surface area contributed by atoms with Crippen LogP contribution in [-0.2, 0) is 6.54 Å². The van der Waals surface area contributed by atoms with Gasteiger partial charge < -0.3 is 18.8 Å². The number of halogens is 1. The van der Waals surface area contributed by atoms with Crippen molar-refractivity contribution in [3.8, 4) is 22.8 Å². The molecular formula is C27H27ClN4O3. The van der Waals surface area contributed by atoms with Crippen LogP contribution in [0.5, 0.6) is 11.5 Å². The van der Waals surface area contributed by atoms with E-state index in [9.17, 15) is 4.79 Å². The summed E-state index contributed by atoms with van der Waals surface area (Å²) in [6.07, 6.45) is 2.05. The molecule has 1 saturated heterocycles. The maximum absolute atomic E-state index is 13.3. The van der Waals surface area contributed by atoms with Crippen LogP contribution in [0.3, 0.4) is 0 Å². The Morgan fingerprint density at radius 1 is 0.914 bits per heavy atom. The summed E-state index contributed by atoms with van der Waals surface area (Å²) in [5.41, 5.74) is 4.48. The van der Waals surface area contributed by atoms with E-state index in [0.29, 0.717) is 35.2 Å². The van der Waals surface area contributed by atoms with Crippen molar-refractivity contribution in [2.24, 2.45) is 0 Å². The number of carbonyl (C=O) groups is 1. The number of rotatable bonds is 6. The second kappa shape index (κ2) is 9.98. The Kier molecular flexibility index (Phi) is 6.61. The topological polar surface area (TPSA) is 59.3 Å². The second-order valence-electron chi connectivity index (χ2n) is 8.45. The van der Waals surface area contributed by atoms with Gasteiger partial charge in [0, 0.05) is 49.5 Å². The highest BCUT2D eigenvalue weighted by molar-refractivity contribution is 6.30. The van der Waals surface area contributed by atoms with Crippen LogP contribution in [0.1, 0.15) is 16.1 Å². The van der Waals surface area contributed by atoms with Gasteiger partial charge in [0.05, 0.1) is 25.6 Å². The Morgan fingerprint density at radius 2 is 1.60 bits per heavy atom. The van der Waals surface area contributed by atoms with Crippen molar-refractivity contribution in [3.05, 3.63) is 83.1 Å². The fraction of sp³-hybridized carbons (Fsp3) is 0.259. The largest absolute Gasteiger partial charge is 0.496 e. The Hall–Kier alpha value is -3.55. The van der Waals surface area contributed by atoms with Crippen LogP contribution in [0, 0.1) is 0 Å². The SMILES string of the molecule is COc1cccc(OC)c1C(=O)N1CCN(Cc2c(-c3ccc(Cl)cc3)nc3ccccn23)CC1. The summed E-state index contributed by atoms with van der Waals surface area (Å²) in [4.78, 5) is 22.5. The zero-order valence-electron chi connectivity index (χ0n) is 19.8. The maximum Gasteiger partial charge on any atom is 0.261 e. The van der Waals surface area contributed by atoms with E-state index in [1.807, 2.05) is 59.6 Å². The van der Waals surface area contributed by atoms with E-state index >= 15 is 0 Å². The van der Waals surface area contributed by atoms with Gasteiger partial charge in [-0.3, -0.25) is 9.69 Å². The number of benzene rings is 2. The Morgan fingerprint density at radius 3 is 2.26 bits per heavy atom. The van der Waals surface area contributed by atoms with Crippen LogP contribution in [0.4, 0.5) is 0 Å². The second-order valence-corrected chi connectivity index (χ2v) is 8.89. The third-order valence-corrected chi connectivity index (χ3v) is 6.67. The van der Waals surface area contributed by atoms with Crippen LogP contribution < -0.4 is 9.47 Å². The first-order valence-electron chi connectivity index (χ1n) is 11.5. The average molecular weight is 491 g/mol. The molecule has 0 aliphatic carbocycles. The number of carbonyl (C=O) groups excluding carboxylic acids is 1. The van der Waals surface area contributed by atoms with E-state index < -0.39 is 0 Å². The van der Waals surface area contributed by atoms with Crippen molar-refractivity contribution in [1.29, 1.82) is 0 Å². The molecule has 0 bridgehead atoms. The number of nitrogens with zero attached hydrogens (tertiary/aromatic N) is 4. The van der Waals surface area contributed by atoms with Gasteiger partial charge in [-0.25, -0.2) is 4.98 Å². The summed E-state index contributed by atoms with van der Waals surface area (Å²) in [7, 11) is 3.13. The predicted octanol–water partition coefficient (Wildman–Crippen LogP) is 4.63. The number of pyridine rings is 1. The molecule has 3 heterocycles. The molecule has 1 fully saturated rings. The van der Waals surface area contributed by atoms with Crippen LogP contribution in [0.25, 0.3) is 16.9 Å². The highest BCUT2D eigenvalue weighted by Gasteiger charge is 2.28. The molecular weight excluding hydrogens is 464 g/mol. The predicted molar refractivity (Wildman–Crippen MR) is 136 cm³/mol. The summed E-state index contributed by atoms with van der Waals surface area (Å²) < 4.78 is 13.0. The van der Waals surface area contributed by atoms with Crippen LogP contribution in [0.2, 0.25) is 5.02 Å². The first kappa shape index (κ1) is 23.2. The van der Waals surface area contributed by atoms with Crippen molar-refractivity contribution >= 4 is 23.2 Å². The molecule has 0 saturated carbocycles. The number of methoxy groups -OCH3 is 2. The number of aromatic nitrogens is 2. The molecule has 7 nitrogen and oxygen atoms in total. The lowest BCUT2D eigenvalue weighted by Crippen LogP contribution is -2.48. The lowest BCUT2D eigenvalue weighted by Gasteiger charge is -2.35. The van der Waals surface area contributed by atoms with E-state index in [-0.39, 0.29) is 5.91 Å². The van der Waals surface area contributed by atoms with Gasteiger partial charge in [-0.2, -0.15) is 0 Å². The van der Waals surface area contributed by atoms with Crippen molar-refractivity contribution in [2.45, 2.75) is 6.54 Å². The molecule has 1 aliphatic heterocycles. The number of hydrogen-bond acceptors (Lipinski definition) is 5. The number of amides is 1. The van der Waals surface area contributed by atoms with Crippen molar-refractivity contribution < 1.29 is 14.3 Å². The van der Waals surface area contributed by atoms with Crippen molar-refractivity contribution in [3.63, 3.8) is 0 Å². The van der Waals surface area contributed by atoms with Gasteiger partial charge in [0.15, 0.2) is 0 Å². The van der Waals surface area contributed by atoms with Gasteiger partial charge in [0.1, 0.15) is 22.7 Å². The molecule has 0 atom stereocenters. The van der Waals surface area contributed by atoms with Gasteiger partial charge in [0.2, 0.25) is 0 Å². The van der Waals surface area contributed by atoms with E-state index in [2.05, 4.69) is 9.30 Å². The fourth-order valence-electron chi connectivity index (χ4n) is 4.58. The van der Waals surface area contributed by atoms with Crippen LogP contribution in [0.15, 0.2) is 66.9 Å². The summed E-state index contributed by atoms with van der Waals surface area (Å²) in [6, 6.07) is 19.2. The number of imidazole rings is 1. The first-order chi connectivity index (χ1) is 17.1. The molecule has 8 heteroatoms. The van der Waals surface area contributed by atoms with E-state index in [1.54, 1.807) is 26.4 Å². The van der Waals surface area contributed by atoms with Gasteiger partial charge in [-0.05, 0) is 36.4 Å². The zero-order valence-corrected chi connectivity index (χ0v) is 20.5. The van der Waals surface area contributed by atoms with E-state index in [4.69, 9.17) is 26.1 Å². The first-order valence-corrected chi connectivity index (χ1v) is 11.9. The van der Waals surface area contributed by atoms with E-state index in [1.165, 1.54) is 0 Å². The summed E-state index contributed by atoms with van der Waals surface area (Å²) in [6.45, 7) is 3.47. The molecule has 35 heavy (non-hydrogen) atoms. The normalized spacial score (nSPS) is 14.3. The molecule has 4 aromatic rings. The molecule has 0 N–H and O–H groups in total. The molecule has 2 aromatic heterocycles. The number of hydrogen-bond donors (Lipinski definition) is 0. The quantitative estimate of drug-likeness (QED) is 0.394. The molecule has 1 amide bonds. The molecule has 5 rings (SSSR count). The Labute approximate surface area is 209 Å². The van der Waals surface area contributed by atoms with Gasteiger partial charge in [-0.15, -0.1) is 0 Å². The minimum absolute atomic E-state index is 0.0735. The highest BCUT2D eigenvalue weighted by atomic mass is 35.5. The zero-order chi connectivity index (χ0) is 24.4. The Balaban J connectivity index is 1.35. The minimum atomic E-state index is -0.0735. The molecule has 0 unspecified atom stereocenters. The van der Waals surface area contributed by atoms with Crippen molar-refractivity contribution in [1.82, 2.24) is 19.2 Å². The molecule has 180 valence electrons.